The van der Waals surface area contributed by atoms with E-state index in [4.69, 9.17) is 0 Å². The van der Waals surface area contributed by atoms with Crippen molar-refractivity contribution in [3.05, 3.63) is 88.3 Å². The molecule has 0 spiro atoms. The van der Waals surface area contributed by atoms with Gasteiger partial charge in [-0.15, -0.1) is 0 Å². The third-order valence-electron chi connectivity index (χ3n) is 5.39. The van der Waals surface area contributed by atoms with Gasteiger partial charge in [0.15, 0.2) is 5.75 Å². The number of aromatic hydroxyl groups is 1. The molecule has 1 heterocycles. The highest BCUT2D eigenvalue weighted by molar-refractivity contribution is 5.92. The summed E-state index contributed by atoms with van der Waals surface area (Å²) in [7, 11) is 1.55. The lowest BCUT2D eigenvalue weighted by molar-refractivity contribution is -0.141. The Morgan fingerprint density at radius 3 is 2.28 bits per heavy atom. The highest BCUT2D eigenvalue weighted by atomic mass is 16.4. The van der Waals surface area contributed by atoms with Gasteiger partial charge in [0, 0.05) is 19.2 Å². The fourth-order valence-corrected chi connectivity index (χ4v) is 3.57. The SMILES string of the molecule is CC(CC(Cc1ccc(-c2ccccc2)cc1)NC(=O)c1cc(=O)c(O)cn1C)C(=O)O. The van der Waals surface area contributed by atoms with Gasteiger partial charge in [0.2, 0.25) is 5.43 Å². The van der Waals surface area contributed by atoms with E-state index in [1.165, 1.54) is 10.8 Å². The molecule has 1 aromatic heterocycles. The number of aromatic nitrogens is 1. The molecule has 0 bridgehead atoms. The molecule has 0 saturated heterocycles. The quantitative estimate of drug-likeness (QED) is 0.505. The second kappa shape index (κ2) is 9.96. The molecule has 0 aliphatic carbocycles. The van der Waals surface area contributed by atoms with Crippen LogP contribution in [-0.2, 0) is 18.3 Å². The summed E-state index contributed by atoms with van der Waals surface area (Å²) in [4.78, 5) is 36.0. The van der Waals surface area contributed by atoms with Crippen LogP contribution in [0, 0.1) is 5.92 Å². The molecule has 2 unspecified atom stereocenters. The lowest BCUT2D eigenvalue weighted by atomic mass is 9.95. The Kier molecular flexibility index (Phi) is 7.10. The van der Waals surface area contributed by atoms with Gasteiger partial charge in [-0.2, -0.15) is 0 Å². The van der Waals surface area contributed by atoms with Crippen LogP contribution >= 0.6 is 0 Å². The van der Waals surface area contributed by atoms with E-state index >= 15 is 0 Å². The minimum atomic E-state index is -0.944. The van der Waals surface area contributed by atoms with E-state index < -0.39 is 35.0 Å². The Morgan fingerprint density at radius 1 is 1.03 bits per heavy atom. The number of carbonyl (C=O) groups is 2. The lowest BCUT2D eigenvalue weighted by Crippen LogP contribution is -2.40. The van der Waals surface area contributed by atoms with Gasteiger partial charge in [0.25, 0.3) is 5.91 Å². The number of benzene rings is 2. The highest BCUT2D eigenvalue weighted by Gasteiger charge is 2.22. The van der Waals surface area contributed by atoms with Crippen molar-refractivity contribution < 1.29 is 19.8 Å². The fourth-order valence-electron chi connectivity index (χ4n) is 3.57. The van der Waals surface area contributed by atoms with Crippen LogP contribution in [0.3, 0.4) is 0 Å². The third kappa shape index (κ3) is 5.63. The molecule has 166 valence electrons. The smallest absolute Gasteiger partial charge is 0.306 e. The molecular formula is C25H26N2O5. The third-order valence-corrected chi connectivity index (χ3v) is 5.39. The number of hydrogen-bond acceptors (Lipinski definition) is 4. The first-order chi connectivity index (χ1) is 15.2. The second-order valence-corrected chi connectivity index (χ2v) is 7.93. The van der Waals surface area contributed by atoms with E-state index in [9.17, 15) is 24.6 Å². The van der Waals surface area contributed by atoms with Crippen molar-refractivity contribution in [1.29, 1.82) is 0 Å². The first-order valence-corrected chi connectivity index (χ1v) is 10.3. The maximum Gasteiger partial charge on any atom is 0.306 e. The molecular weight excluding hydrogens is 408 g/mol. The standard InChI is InChI=1S/C25H26N2O5/c1-16(25(31)32)12-20(26-24(30)21-14-22(28)23(29)15-27(21)2)13-17-8-10-19(11-9-17)18-6-4-3-5-7-18/h3-11,14-16,20,29H,12-13H2,1-2H3,(H,26,30)(H,31,32). The normalized spacial score (nSPS) is 12.7. The minimum absolute atomic E-state index is 0.0835. The van der Waals surface area contributed by atoms with Crippen LogP contribution in [0.5, 0.6) is 5.75 Å². The molecule has 3 N–H and O–H groups in total. The summed E-state index contributed by atoms with van der Waals surface area (Å²) in [6, 6.07) is 18.5. The van der Waals surface area contributed by atoms with Crippen LogP contribution < -0.4 is 10.7 Å². The number of rotatable bonds is 8. The maximum atomic E-state index is 12.8. The summed E-state index contributed by atoms with van der Waals surface area (Å²) in [5.74, 6) is -2.56. The Labute approximate surface area is 186 Å². The molecule has 0 radical (unpaired) electrons. The van der Waals surface area contributed by atoms with Gasteiger partial charge in [0.05, 0.1) is 12.1 Å². The summed E-state index contributed by atoms with van der Waals surface area (Å²) in [6.45, 7) is 1.59. The van der Waals surface area contributed by atoms with Crippen molar-refractivity contribution in [3.8, 4) is 16.9 Å². The zero-order valence-corrected chi connectivity index (χ0v) is 18.0. The zero-order valence-electron chi connectivity index (χ0n) is 18.0. The number of nitrogens with one attached hydrogen (secondary N) is 1. The zero-order chi connectivity index (χ0) is 23.3. The van der Waals surface area contributed by atoms with Crippen molar-refractivity contribution >= 4 is 11.9 Å². The van der Waals surface area contributed by atoms with E-state index in [1.807, 2.05) is 54.6 Å². The van der Waals surface area contributed by atoms with E-state index in [0.29, 0.717) is 6.42 Å². The fraction of sp³-hybridized carbons (Fsp3) is 0.240. The summed E-state index contributed by atoms with van der Waals surface area (Å²) < 4.78 is 1.36. The molecule has 0 aliphatic heterocycles. The molecule has 0 fully saturated rings. The van der Waals surface area contributed by atoms with Crippen molar-refractivity contribution in [2.45, 2.75) is 25.8 Å². The number of hydrogen-bond donors (Lipinski definition) is 3. The van der Waals surface area contributed by atoms with Crippen LogP contribution in [0.25, 0.3) is 11.1 Å². The van der Waals surface area contributed by atoms with Crippen LogP contribution in [0.1, 0.15) is 29.4 Å². The molecule has 2 atom stereocenters. The topological polar surface area (TPSA) is 109 Å². The van der Waals surface area contributed by atoms with Gasteiger partial charge in [-0.05, 0) is 29.5 Å². The summed E-state index contributed by atoms with van der Waals surface area (Å²) >= 11 is 0. The van der Waals surface area contributed by atoms with Gasteiger partial charge >= 0.3 is 5.97 Å². The van der Waals surface area contributed by atoms with Crippen molar-refractivity contribution in [1.82, 2.24) is 9.88 Å². The van der Waals surface area contributed by atoms with Crippen molar-refractivity contribution in [3.63, 3.8) is 0 Å². The average molecular weight is 434 g/mol. The van der Waals surface area contributed by atoms with E-state index in [-0.39, 0.29) is 12.1 Å². The number of carbonyl (C=O) groups excluding carboxylic acids is 1. The van der Waals surface area contributed by atoms with E-state index in [0.717, 1.165) is 22.8 Å². The average Bonchev–Trinajstić information content (AvgIpc) is 2.77. The van der Waals surface area contributed by atoms with Gasteiger partial charge in [-0.3, -0.25) is 14.4 Å². The summed E-state index contributed by atoms with van der Waals surface area (Å²) in [5, 5.41) is 21.7. The van der Waals surface area contributed by atoms with Gasteiger partial charge in [-0.1, -0.05) is 61.5 Å². The molecule has 7 heteroatoms. The van der Waals surface area contributed by atoms with Crippen LogP contribution in [0.4, 0.5) is 0 Å². The van der Waals surface area contributed by atoms with E-state index in [2.05, 4.69) is 5.32 Å². The molecule has 0 aliphatic rings. The number of carboxylic acids is 1. The molecule has 1 amide bonds. The van der Waals surface area contributed by atoms with Gasteiger partial charge in [-0.25, -0.2) is 0 Å². The monoisotopic (exact) mass is 434 g/mol. The summed E-state index contributed by atoms with van der Waals surface area (Å²) in [5.41, 5.74) is 2.54. The van der Waals surface area contributed by atoms with Crippen molar-refractivity contribution in [2.24, 2.45) is 13.0 Å². The minimum Gasteiger partial charge on any atom is -0.503 e. The van der Waals surface area contributed by atoms with Gasteiger partial charge < -0.3 is 20.1 Å². The maximum absolute atomic E-state index is 12.8. The number of nitrogens with zero attached hydrogens (tertiary/aromatic N) is 1. The predicted octanol–water partition coefficient (Wildman–Crippen LogP) is 3.21. The van der Waals surface area contributed by atoms with Crippen molar-refractivity contribution in [2.75, 3.05) is 0 Å². The number of pyridine rings is 1. The Morgan fingerprint density at radius 2 is 1.66 bits per heavy atom. The first kappa shape index (κ1) is 22.8. The van der Waals surface area contributed by atoms with Crippen LogP contribution in [0.2, 0.25) is 0 Å². The molecule has 0 saturated carbocycles. The highest BCUT2D eigenvalue weighted by Crippen LogP contribution is 2.21. The van der Waals surface area contributed by atoms with Crippen LogP contribution in [0.15, 0.2) is 71.7 Å². The number of aliphatic carboxylic acids is 1. The Bertz CT molecular complexity index is 1150. The molecule has 3 rings (SSSR count). The lowest BCUT2D eigenvalue weighted by Gasteiger charge is -2.22. The van der Waals surface area contributed by atoms with E-state index in [1.54, 1.807) is 14.0 Å². The number of amides is 1. The predicted molar refractivity (Wildman–Crippen MR) is 122 cm³/mol. The number of carboxylic acid groups (broad SMARTS) is 1. The largest absolute Gasteiger partial charge is 0.503 e. The Balaban J connectivity index is 1.80. The summed E-state index contributed by atoms with van der Waals surface area (Å²) in [6.07, 6.45) is 1.84. The molecule has 3 aromatic rings. The molecule has 2 aromatic carbocycles. The Hall–Kier alpha value is -3.87. The first-order valence-electron chi connectivity index (χ1n) is 10.3. The molecule has 7 nitrogen and oxygen atoms in total. The number of aryl methyl sites for hydroxylation is 1. The molecule has 32 heavy (non-hydrogen) atoms. The van der Waals surface area contributed by atoms with Crippen LogP contribution in [-0.4, -0.2) is 32.7 Å². The second-order valence-electron chi connectivity index (χ2n) is 7.93. The van der Waals surface area contributed by atoms with Gasteiger partial charge in [0.1, 0.15) is 5.69 Å².